The second-order valence-corrected chi connectivity index (χ2v) is 11.9. The lowest BCUT2D eigenvalue weighted by Gasteiger charge is -2.28. The van der Waals surface area contributed by atoms with Gasteiger partial charge in [-0.05, 0) is 31.7 Å². The molecule has 1 aliphatic rings. The number of hydrogen-bond acceptors (Lipinski definition) is 1. The predicted octanol–water partition coefficient (Wildman–Crippen LogP) is 4.58. The zero-order valence-corrected chi connectivity index (χ0v) is 15.1. The van der Waals surface area contributed by atoms with Crippen molar-refractivity contribution in [1.29, 1.82) is 0 Å². The van der Waals surface area contributed by atoms with Gasteiger partial charge in [0.1, 0.15) is 0 Å². The molecule has 0 saturated heterocycles. The Morgan fingerprint density at radius 3 is 2.27 bits per heavy atom. The van der Waals surface area contributed by atoms with Gasteiger partial charge < -0.3 is 5.11 Å². The molecular weight excluding hydrogens is 288 g/mol. The molecular formula is C19H28O2Si. The molecule has 0 radical (unpaired) electrons. The first kappa shape index (κ1) is 17.0. The van der Waals surface area contributed by atoms with E-state index in [1.54, 1.807) is 0 Å². The van der Waals surface area contributed by atoms with E-state index in [1.165, 1.54) is 24.4 Å². The molecule has 3 heteroatoms. The largest absolute Gasteiger partial charge is 0.478 e. The summed E-state index contributed by atoms with van der Waals surface area (Å²) in [6.45, 7) is 6.62. The van der Waals surface area contributed by atoms with E-state index in [2.05, 4.69) is 44.3 Å². The first-order valence-electron chi connectivity index (χ1n) is 8.40. The summed E-state index contributed by atoms with van der Waals surface area (Å²) in [4.78, 5) is 11.9. The van der Waals surface area contributed by atoms with Crippen LogP contribution < -0.4 is 5.19 Å². The molecule has 1 saturated carbocycles. The van der Waals surface area contributed by atoms with Crippen LogP contribution in [-0.4, -0.2) is 19.1 Å². The van der Waals surface area contributed by atoms with E-state index in [9.17, 15) is 9.90 Å². The van der Waals surface area contributed by atoms with Crippen LogP contribution in [0.15, 0.2) is 41.5 Å². The molecule has 1 aliphatic carbocycles. The van der Waals surface area contributed by atoms with Crippen molar-refractivity contribution in [3.05, 3.63) is 41.5 Å². The second kappa shape index (κ2) is 7.27. The molecule has 0 heterocycles. The third-order valence-electron chi connectivity index (χ3n) is 5.13. The van der Waals surface area contributed by atoms with Gasteiger partial charge in [-0.25, -0.2) is 4.79 Å². The van der Waals surface area contributed by atoms with Crippen molar-refractivity contribution in [3.63, 3.8) is 0 Å². The number of carboxylic acid groups (broad SMARTS) is 1. The van der Waals surface area contributed by atoms with E-state index in [0.29, 0.717) is 11.5 Å². The molecule has 1 aromatic carbocycles. The lowest BCUT2D eigenvalue weighted by atomic mass is 9.82. The maximum Gasteiger partial charge on any atom is 0.331 e. The van der Waals surface area contributed by atoms with Gasteiger partial charge in [-0.15, -0.1) is 0 Å². The standard InChI is InChI=1S/C19H28O2Si/c1-15(16-10-6-4-7-11-16)18(19(20)21)14-22(2,3)17-12-8-5-9-13-17/h5,8-9,12-13,16H,4,6-7,10-11,14H2,1-3H3,(H,20,21)/b18-15+. The fourth-order valence-corrected chi connectivity index (χ4v) is 6.21. The highest BCUT2D eigenvalue weighted by atomic mass is 28.3. The van der Waals surface area contributed by atoms with Crippen molar-refractivity contribution in [2.45, 2.75) is 58.2 Å². The third-order valence-corrected chi connectivity index (χ3v) is 8.26. The molecule has 1 N–H and O–H groups in total. The maximum atomic E-state index is 11.9. The molecule has 2 rings (SSSR count). The van der Waals surface area contributed by atoms with Gasteiger partial charge in [-0.1, -0.05) is 73.4 Å². The SMILES string of the molecule is C/C(=C(/C[Si](C)(C)c1ccccc1)C(=O)O)C1CCCCC1. The van der Waals surface area contributed by atoms with Gasteiger partial charge in [-0.3, -0.25) is 0 Å². The number of carbonyl (C=O) groups is 1. The molecule has 0 unspecified atom stereocenters. The number of carboxylic acids is 1. The molecule has 0 bridgehead atoms. The molecule has 0 aromatic heterocycles. The zero-order chi connectivity index (χ0) is 16.2. The van der Waals surface area contributed by atoms with Gasteiger partial charge in [0.05, 0.1) is 8.07 Å². The highest BCUT2D eigenvalue weighted by Crippen LogP contribution is 2.33. The van der Waals surface area contributed by atoms with Crippen LogP contribution in [0.3, 0.4) is 0 Å². The minimum atomic E-state index is -1.77. The van der Waals surface area contributed by atoms with Crippen molar-refractivity contribution in [1.82, 2.24) is 0 Å². The Balaban J connectivity index is 2.26. The van der Waals surface area contributed by atoms with Gasteiger partial charge >= 0.3 is 5.97 Å². The Labute approximate surface area is 135 Å². The van der Waals surface area contributed by atoms with Gasteiger partial charge in [-0.2, -0.15) is 0 Å². The predicted molar refractivity (Wildman–Crippen MR) is 95.3 cm³/mol. The summed E-state index contributed by atoms with van der Waals surface area (Å²) in [5, 5.41) is 11.1. The highest BCUT2D eigenvalue weighted by molar-refractivity contribution is 6.90. The maximum absolute atomic E-state index is 11.9. The average molecular weight is 317 g/mol. The number of aliphatic carboxylic acids is 1. The monoisotopic (exact) mass is 316 g/mol. The van der Waals surface area contributed by atoms with Crippen molar-refractivity contribution in [3.8, 4) is 0 Å². The summed E-state index contributed by atoms with van der Waals surface area (Å²) >= 11 is 0. The number of rotatable bonds is 5. The Morgan fingerprint density at radius 1 is 1.14 bits per heavy atom. The summed E-state index contributed by atoms with van der Waals surface area (Å²) < 4.78 is 0. The molecule has 0 aliphatic heterocycles. The van der Waals surface area contributed by atoms with Gasteiger partial charge in [0, 0.05) is 5.57 Å². The lowest BCUT2D eigenvalue weighted by Crippen LogP contribution is -2.42. The van der Waals surface area contributed by atoms with Crippen LogP contribution in [0.4, 0.5) is 0 Å². The topological polar surface area (TPSA) is 37.3 Å². The van der Waals surface area contributed by atoms with Crippen LogP contribution >= 0.6 is 0 Å². The Kier molecular flexibility index (Phi) is 5.62. The average Bonchev–Trinajstić information content (AvgIpc) is 2.53. The Hall–Kier alpha value is -1.35. The van der Waals surface area contributed by atoms with E-state index >= 15 is 0 Å². The molecule has 120 valence electrons. The summed E-state index contributed by atoms with van der Waals surface area (Å²) in [5.74, 6) is -0.222. The second-order valence-electron chi connectivity index (χ2n) is 7.23. The molecule has 0 spiro atoms. The normalized spacial score (nSPS) is 18.0. The first-order chi connectivity index (χ1) is 10.4. The van der Waals surface area contributed by atoms with Crippen LogP contribution in [0.5, 0.6) is 0 Å². The smallest absolute Gasteiger partial charge is 0.331 e. The van der Waals surface area contributed by atoms with Crippen LogP contribution in [0.1, 0.15) is 39.0 Å². The molecule has 2 nitrogen and oxygen atoms in total. The number of allylic oxidation sites excluding steroid dienone is 1. The van der Waals surface area contributed by atoms with E-state index in [1.807, 2.05) is 6.07 Å². The van der Waals surface area contributed by atoms with Crippen LogP contribution in [0.25, 0.3) is 0 Å². The summed E-state index contributed by atoms with van der Waals surface area (Å²) in [6, 6.07) is 11.2. The van der Waals surface area contributed by atoms with Crippen molar-refractivity contribution in [2.75, 3.05) is 0 Å². The van der Waals surface area contributed by atoms with E-state index in [0.717, 1.165) is 24.5 Å². The minimum absolute atomic E-state index is 0.487. The van der Waals surface area contributed by atoms with Gasteiger partial charge in [0.2, 0.25) is 0 Å². The molecule has 22 heavy (non-hydrogen) atoms. The lowest BCUT2D eigenvalue weighted by molar-refractivity contribution is -0.132. The van der Waals surface area contributed by atoms with Crippen molar-refractivity contribution < 1.29 is 9.90 Å². The molecule has 0 atom stereocenters. The number of hydrogen-bond donors (Lipinski definition) is 1. The molecule has 1 aromatic rings. The fraction of sp³-hybridized carbons (Fsp3) is 0.526. The van der Waals surface area contributed by atoms with Crippen molar-refractivity contribution in [2.24, 2.45) is 5.92 Å². The van der Waals surface area contributed by atoms with E-state index in [-0.39, 0.29) is 0 Å². The Morgan fingerprint density at radius 2 is 1.73 bits per heavy atom. The Bertz CT molecular complexity index is 540. The van der Waals surface area contributed by atoms with Gasteiger partial charge in [0.15, 0.2) is 0 Å². The molecule has 1 fully saturated rings. The van der Waals surface area contributed by atoms with Gasteiger partial charge in [0.25, 0.3) is 0 Å². The highest BCUT2D eigenvalue weighted by Gasteiger charge is 2.30. The third kappa shape index (κ3) is 4.10. The molecule has 0 amide bonds. The zero-order valence-electron chi connectivity index (χ0n) is 14.1. The van der Waals surface area contributed by atoms with Crippen LogP contribution in [0.2, 0.25) is 19.1 Å². The van der Waals surface area contributed by atoms with Crippen LogP contribution in [0, 0.1) is 5.92 Å². The summed E-state index contributed by atoms with van der Waals surface area (Å²) in [6.07, 6.45) is 6.12. The fourth-order valence-electron chi connectivity index (χ4n) is 3.60. The van der Waals surface area contributed by atoms with E-state index in [4.69, 9.17) is 0 Å². The van der Waals surface area contributed by atoms with Crippen molar-refractivity contribution >= 4 is 19.2 Å². The summed E-state index contributed by atoms with van der Waals surface area (Å²) in [7, 11) is -1.77. The van der Waals surface area contributed by atoms with E-state index < -0.39 is 14.0 Å². The minimum Gasteiger partial charge on any atom is -0.478 e. The summed E-state index contributed by atoms with van der Waals surface area (Å²) in [5.41, 5.74) is 1.83. The number of benzene rings is 1. The van der Waals surface area contributed by atoms with Crippen LogP contribution in [-0.2, 0) is 4.79 Å². The quantitative estimate of drug-likeness (QED) is 0.637. The first-order valence-corrected chi connectivity index (χ1v) is 11.6.